The van der Waals surface area contributed by atoms with Gasteiger partial charge in [0.1, 0.15) is 11.6 Å². The van der Waals surface area contributed by atoms with Crippen LogP contribution in [-0.4, -0.2) is 32.7 Å². The van der Waals surface area contributed by atoms with Crippen LogP contribution in [0.3, 0.4) is 0 Å². The first kappa shape index (κ1) is 25.0. The summed E-state index contributed by atoms with van der Waals surface area (Å²) in [5.41, 5.74) is 3.88. The van der Waals surface area contributed by atoms with E-state index in [0.29, 0.717) is 39.3 Å². The Labute approximate surface area is 221 Å². The fourth-order valence-corrected chi connectivity index (χ4v) is 3.58. The SMILES string of the molecule is Cc1nc2ccccc2c(=O)n1/N=C(\N=Nc1ccc(C(=O)N/N=C/c2ccccc2O)cc1)c1ccco1. The minimum atomic E-state index is -0.443. The molecule has 2 aromatic heterocycles. The summed E-state index contributed by atoms with van der Waals surface area (Å²) < 4.78 is 6.60. The summed E-state index contributed by atoms with van der Waals surface area (Å²) in [5, 5.41) is 26.9. The highest BCUT2D eigenvalue weighted by molar-refractivity contribution is 5.97. The molecule has 0 bridgehead atoms. The van der Waals surface area contributed by atoms with Gasteiger partial charge in [-0.2, -0.15) is 9.78 Å². The molecule has 0 unspecified atom stereocenters. The van der Waals surface area contributed by atoms with Gasteiger partial charge in [0.2, 0.25) is 5.84 Å². The molecule has 2 heterocycles. The smallest absolute Gasteiger partial charge is 0.282 e. The number of azo groups is 1. The van der Waals surface area contributed by atoms with Gasteiger partial charge in [-0.05, 0) is 67.6 Å². The number of carbonyl (C=O) groups excluding carboxylic acids is 1. The Kier molecular flexibility index (Phi) is 7.13. The quantitative estimate of drug-likeness (QED) is 0.144. The van der Waals surface area contributed by atoms with Gasteiger partial charge in [0.05, 0.1) is 29.1 Å². The number of nitrogens with one attached hydrogen (secondary N) is 1. The fraction of sp³-hybridized carbons (Fsp3) is 0.0357. The Morgan fingerprint density at radius 3 is 2.54 bits per heavy atom. The summed E-state index contributed by atoms with van der Waals surface area (Å²) in [6, 6.07) is 23.3. The zero-order valence-electron chi connectivity index (χ0n) is 20.6. The molecule has 3 aromatic carbocycles. The molecule has 0 radical (unpaired) electrons. The van der Waals surface area contributed by atoms with Crippen LogP contribution in [0.2, 0.25) is 0 Å². The van der Waals surface area contributed by atoms with E-state index in [0.717, 1.165) is 4.68 Å². The number of hydrogen-bond acceptors (Lipinski definition) is 8. The highest BCUT2D eigenvalue weighted by Gasteiger charge is 2.12. The summed E-state index contributed by atoms with van der Waals surface area (Å²) in [5.74, 6) is 0.346. The van der Waals surface area contributed by atoms with Gasteiger partial charge in [0.15, 0.2) is 5.76 Å². The molecule has 0 spiro atoms. The molecule has 2 N–H and O–H groups in total. The van der Waals surface area contributed by atoms with Gasteiger partial charge in [-0.3, -0.25) is 9.59 Å². The lowest BCUT2D eigenvalue weighted by atomic mass is 10.2. The van der Waals surface area contributed by atoms with Gasteiger partial charge in [0, 0.05) is 11.1 Å². The van der Waals surface area contributed by atoms with Crippen molar-refractivity contribution in [3.8, 4) is 5.75 Å². The van der Waals surface area contributed by atoms with Crippen molar-refractivity contribution in [3.05, 3.63) is 124 Å². The van der Waals surface area contributed by atoms with Crippen LogP contribution < -0.4 is 11.0 Å². The number of para-hydroxylation sites is 2. The average Bonchev–Trinajstić information content (AvgIpc) is 3.49. The van der Waals surface area contributed by atoms with E-state index in [1.54, 1.807) is 79.7 Å². The second kappa shape index (κ2) is 11.1. The summed E-state index contributed by atoms with van der Waals surface area (Å²) in [7, 11) is 0. The molecule has 5 aromatic rings. The summed E-state index contributed by atoms with van der Waals surface area (Å²) >= 11 is 0. The van der Waals surface area contributed by atoms with Crippen LogP contribution >= 0.6 is 0 Å². The number of hydrazone groups is 1. The van der Waals surface area contributed by atoms with Crippen molar-refractivity contribution in [2.45, 2.75) is 6.92 Å². The molecular formula is C28H21N7O4. The molecule has 0 aliphatic rings. The van der Waals surface area contributed by atoms with Gasteiger partial charge >= 0.3 is 0 Å². The Hall–Kier alpha value is -5.71. The highest BCUT2D eigenvalue weighted by atomic mass is 16.3. The number of furan rings is 1. The number of benzene rings is 3. The molecule has 0 fully saturated rings. The van der Waals surface area contributed by atoms with E-state index in [9.17, 15) is 14.7 Å². The van der Waals surface area contributed by atoms with E-state index >= 15 is 0 Å². The second-order valence-corrected chi connectivity index (χ2v) is 8.20. The molecule has 0 aliphatic heterocycles. The lowest BCUT2D eigenvalue weighted by molar-refractivity contribution is 0.0955. The van der Waals surface area contributed by atoms with Crippen LogP contribution in [0.25, 0.3) is 10.9 Å². The van der Waals surface area contributed by atoms with Crippen molar-refractivity contribution in [1.82, 2.24) is 15.1 Å². The number of aromatic hydroxyl groups is 1. The van der Waals surface area contributed by atoms with Crippen LogP contribution in [0.5, 0.6) is 5.75 Å². The lowest BCUT2D eigenvalue weighted by Crippen LogP contribution is -2.21. The van der Waals surface area contributed by atoms with E-state index in [4.69, 9.17) is 4.42 Å². The molecule has 1 amide bonds. The zero-order chi connectivity index (χ0) is 27.2. The normalized spacial score (nSPS) is 12.0. The molecule has 0 aliphatic carbocycles. The number of aromatic nitrogens is 2. The molecule has 5 rings (SSSR count). The van der Waals surface area contributed by atoms with Crippen LogP contribution in [0.4, 0.5) is 5.69 Å². The van der Waals surface area contributed by atoms with Crippen LogP contribution in [-0.2, 0) is 0 Å². The number of rotatable bonds is 6. The highest BCUT2D eigenvalue weighted by Crippen LogP contribution is 2.16. The predicted octanol–water partition coefficient (Wildman–Crippen LogP) is 4.76. The standard InChI is InChI=1S/C28H21N7O4/c1-18-30-23-9-4-3-8-22(23)28(38)35(18)34-26(25-11-6-16-39-25)32-31-21-14-12-19(13-15-21)27(37)33-29-17-20-7-2-5-10-24(20)36/h2-17,36H,1H3,(H,33,37)/b29-17+,32-31?,34-26-. The number of amides is 1. The Bertz CT molecular complexity index is 1790. The first-order chi connectivity index (χ1) is 19.0. The molecule has 11 heteroatoms. The monoisotopic (exact) mass is 519 g/mol. The van der Waals surface area contributed by atoms with Crippen LogP contribution in [0.15, 0.2) is 121 Å². The predicted molar refractivity (Wildman–Crippen MR) is 146 cm³/mol. The van der Waals surface area contributed by atoms with Gasteiger partial charge in [0.25, 0.3) is 11.5 Å². The third kappa shape index (κ3) is 5.67. The second-order valence-electron chi connectivity index (χ2n) is 8.20. The number of nitrogens with zero attached hydrogens (tertiary/aromatic N) is 6. The van der Waals surface area contributed by atoms with Crippen molar-refractivity contribution < 1.29 is 14.3 Å². The lowest BCUT2D eigenvalue weighted by Gasteiger charge is -2.06. The Morgan fingerprint density at radius 1 is 1.00 bits per heavy atom. The number of amidine groups is 1. The minimum absolute atomic E-state index is 0.0552. The largest absolute Gasteiger partial charge is 0.507 e. The number of phenolic OH excluding ortho intramolecular Hbond substituents is 1. The molecule has 11 nitrogen and oxygen atoms in total. The van der Waals surface area contributed by atoms with Gasteiger partial charge in [-0.25, -0.2) is 10.4 Å². The van der Waals surface area contributed by atoms with Crippen molar-refractivity contribution in [2.75, 3.05) is 0 Å². The third-order valence-electron chi connectivity index (χ3n) is 5.55. The summed E-state index contributed by atoms with van der Waals surface area (Å²) in [6.07, 6.45) is 2.81. The minimum Gasteiger partial charge on any atom is -0.507 e. The summed E-state index contributed by atoms with van der Waals surface area (Å²) in [4.78, 5) is 29.9. The average molecular weight is 520 g/mol. The van der Waals surface area contributed by atoms with Gasteiger partial charge in [-0.1, -0.05) is 24.3 Å². The van der Waals surface area contributed by atoms with Gasteiger partial charge in [-0.15, -0.1) is 15.3 Å². The molecule has 192 valence electrons. The topological polar surface area (TPSA) is 147 Å². The molecular weight excluding hydrogens is 498 g/mol. The van der Waals surface area contributed by atoms with E-state index in [-0.39, 0.29) is 17.1 Å². The number of carbonyl (C=O) groups is 1. The molecule has 0 saturated carbocycles. The van der Waals surface area contributed by atoms with Gasteiger partial charge < -0.3 is 9.52 Å². The number of hydrogen-bond donors (Lipinski definition) is 2. The Balaban J connectivity index is 1.36. The van der Waals surface area contributed by atoms with E-state index in [1.807, 2.05) is 6.07 Å². The van der Waals surface area contributed by atoms with Crippen molar-refractivity contribution >= 4 is 34.5 Å². The first-order valence-electron chi connectivity index (χ1n) is 11.7. The van der Waals surface area contributed by atoms with Crippen molar-refractivity contribution in [1.29, 1.82) is 0 Å². The maximum Gasteiger partial charge on any atom is 0.282 e. The molecule has 0 atom stereocenters. The zero-order valence-corrected chi connectivity index (χ0v) is 20.6. The van der Waals surface area contributed by atoms with Crippen LogP contribution in [0, 0.1) is 6.92 Å². The fourth-order valence-electron chi connectivity index (χ4n) is 3.58. The van der Waals surface area contributed by atoms with E-state index in [1.165, 1.54) is 18.5 Å². The van der Waals surface area contributed by atoms with Crippen LogP contribution in [0.1, 0.15) is 27.5 Å². The molecule has 0 saturated heterocycles. The van der Waals surface area contributed by atoms with Crippen molar-refractivity contribution in [2.24, 2.45) is 20.4 Å². The Morgan fingerprint density at radius 2 is 1.77 bits per heavy atom. The maximum absolute atomic E-state index is 13.1. The maximum atomic E-state index is 13.1. The third-order valence-corrected chi connectivity index (χ3v) is 5.55. The first-order valence-corrected chi connectivity index (χ1v) is 11.7. The van der Waals surface area contributed by atoms with E-state index in [2.05, 4.69) is 30.8 Å². The molecule has 39 heavy (non-hydrogen) atoms. The number of aryl methyl sites for hydroxylation is 1. The van der Waals surface area contributed by atoms with Crippen molar-refractivity contribution in [3.63, 3.8) is 0 Å². The number of fused-ring (bicyclic) bond motifs is 1. The summed E-state index contributed by atoms with van der Waals surface area (Å²) in [6.45, 7) is 1.67. The van der Waals surface area contributed by atoms with E-state index < -0.39 is 5.91 Å². The number of phenols is 1.